The molecular weight excluding hydrogens is 234 g/mol. The van der Waals surface area contributed by atoms with Crippen molar-refractivity contribution < 1.29 is 0 Å². The Morgan fingerprint density at radius 3 is 2.63 bits per heavy atom. The number of nitrogens with one attached hydrogen (secondary N) is 1. The van der Waals surface area contributed by atoms with E-state index in [1.54, 1.807) is 0 Å². The van der Waals surface area contributed by atoms with E-state index < -0.39 is 0 Å². The van der Waals surface area contributed by atoms with E-state index >= 15 is 0 Å². The number of hydrogen-bond donors (Lipinski definition) is 1. The van der Waals surface area contributed by atoms with E-state index in [4.69, 9.17) is 0 Å². The molecule has 0 bridgehead atoms. The van der Waals surface area contributed by atoms with Crippen LogP contribution in [0, 0.1) is 0 Å². The fourth-order valence-electron chi connectivity index (χ4n) is 3.68. The number of hydrogen-bond acceptors (Lipinski definition) is 3. The molecule has 0 amide bonds. The largest absolute Gasteiger partial charge is 0.309 e. The van der Waals surface area contributed by atoms with Crippen LogP contribution in [0.2, 0.25) is 0 Å². The van der Waals surface area contributed by atoms with Gasteiger partial charge in [-0.05, 0) is 53.1 Å². The summed E-state index contributed by atoms with van der Waals surface area (Å²) in [5.74, 6) is 0. The van der Waals surface area contributed by atoms with Gasteiger partial charge in [0.25, 0.3) is 0 Å². The number of piperidine rings is 1. The van der Waals surface area contributed by atoms with Crippen LogP contribution in [0.1, 0.15) is 53.4 Å². The second-order valence-electron chi connectivity index (χ2n) is 7.04. The average molecular weight is 267 g/mol. The van der Waals surface area contributed by atoms with Gasteiger partial charge >= 0.3 is 0 Å². The molecular formula is C16H33N3. The molecule has 0 aromatic rings. The fraction of sp³-hybridized carbons (Fsp3) is 1.00. The first-order valence-corrected chi connectivity index (χ1v) is 8.20. The quantitative estimate of drug-likeness (QED) is 0.846. The molecule has 3 nitrogen and oxygen atoms in total. The third kappa shape index (κ3) is 3.32. The van der Waals surface area contributed by atoms with Gasteiger partial charge in [-0.1, -0.05) is 13.8 Å². The average Bonchev–Trinajstić information content (AvgIpc) is 2.42. The summed E-state index contributed by atoms with van der Waals surface area (Å²) >= 11 is 0. The molecule has 3 heteroatoms. The molecule has 0 saturated carbocycles. The monoisotopic (exact) mass is 267 g/mol. The summed E-state index contributed by atoms with van der Waals surface area (Å²) in [4.78, 5) is 5.35. The van der Waals surface area contributed by atoms with Gasteiger partial charge in [0.05, 0.1) is 0 Å². The van der Waals surface area contributed by atoms with Gasteiger partial charge in [-0.2, -0.15) is 0 Å². The molecule has 0 aliphatic carbocycles. The Labute approximate surface area is 119 Å². The Bertz CT molecular complexity index is 294. The van der Waals surface area contributed by atoms with Gasteiger partial charge in [-0.25, -0.2) is 0 Å². The van der Waals surface area contributed by atoms with Crippen LogP contribution in [0.25, 0.3) is 0 Å². The van der Waals surface area contributed by atoms with E-state index in [0.717, 1.165) is 18.1 Å². The minimum Gasteiger partial charge on any atom is -0.309 e. The number of piperazine rings is 1. The predicted molar refractivity (Wildman–Crippen MR) is 82.6 cm³/mol. The standard InChI is InChI=1S/C16H33N3/c1-6-14-11-17-16(4,7-2)12-19(14)15-8-9-18(5)13(3)10-15/h13-15,17H,6-12H2,1-5H3. The van der Waals surface area contributed by atoms with Crippen LogP contribution in [-0.2, 0) is 0 Å². The first kappa shape index (κ1) is 15.3. The van der Waals surface area contributed by atoms with Gasteiger partial charge in [0.15, 0.2) is 0 Å². The number of likely N-dealkylation sites (tertiary alicyclic amines) is 1. The van der Waals surface area contributed by atoms with Gasteiger partial charge in [-0.15, -0.1) is 0 Å². The summed E-state index contributed by atoms with van der Waals surface area (Å²) in [5.41, 5.74) is 0.318. The molecule has 0 aromatic carbocycles. The van der Waals surface area contributed by atoms with Crippen LogP contribution in [-0.4, -0.2) is 60.1 Å². The summed E-state index contributed by atoms with van der Waals surface area (Å²) in [6, 6.07) is 2.27. The maximum absolute atomic E-state index is 3.78. The van der Waals surface area contributed by atoms with Crippen molar-refractivity contribution in [3.05, 3.63) is 0 Å². The summed E-state index contributed by atoms with van der Waals surface area (Å²) < 4.78 is 0. The predicted octanol–water partition coefficient (Wildman–Crippen LogP) is 2.32. The molecule has 2 fully saturated rings. The molecule has 0 spiro atoms. The molecule has 2 aliphatic heterocycles. The third-order valence-electron chi connectivity index (χ3n) is 5.67. The normalized spacial score (nSPS) is 42.5. The van der Waals surface area contributed by atoms with Crippen LogP contribution < -0.4 is 5.32 Å². The van der Waals surface area contributed by atoms with Crippen molar-refractivity contribution in [3.8, 4) is 0 Å². The maximum Gasteiger partial charge on any atom is 0.0278 e. The van der Waals surface area contributed by atoms with Crippen LogP contribution in [0.4, 0.5) is 0 Å². The highest BCUT2D eigenvalue weighted by Gasteiger charge is 2.38. The Balaban J connectivity index is 2.06. The highest BCUT2D eigenvalue weighted by atomic mass is 15.3. The van der Waals surface area contributed by atoms with E-state index in [-0.39, 0.29) is 0 Å². The van der Waals surface area contributed by atoms with E-state index in [0.29, 0.717) is 5.54 Å². The molecule has 112 valence electrons. The zero-order valence-electron chi connectivity index (χ0n) is 13.6. The van der Waals surface area contributed by atoms with Crippen LogP contribution in [0.3, 0.4) is 0 Å². The van der Waals surface area contributed by atoms with Gasteiger partial charge in [0.2, 0.25) is 0 Å². The van der Waals surface area contributed by atoms with Gasteiger partial charge in [0, 0.05) is 36.8 Å². The zero-order chi connectivity index (χ0) is 14.0. The minimum atomic E-state index is 0.318. The first-order chi connectivity index (χ1) is 8.99. The van der Waals surface area contributed by atoms with Crippen molar-refractivity contribution in [2.24, 2.45) is 0 Å². The lowest BCUT2D eigenvalue weighted by Gasteiger charge is -2.51. The SMILES string of the molecule is CCC1CNC(C)(CC)CN1C1CCN(C)C(C)C1. The lowest BCUT2D eigenvalue weighted by molar-refractivity contribution is 0.00726. The Hall–Kier alpha value is -0.120. The highest BCUT2D eigenvalue weighted by Crippen LogP contribution is 2.28. The lowest BCUT2D eigenvalue weighted by atomic mass is 9.88. The van der Waals surface area contributed by atoms with E-state index in [9.17, 15) is 0 Å². The molecule has 4 unspecified atom stereocenters. The highest BCUT2D eigenvalue weighted by molar-refractivity contribution is 4.98. The Morgan fingerprint density at radius 1 is 1.32 bits per heavy atom. The van der Waals surface area contributed by atoms with Crippen molar-refractivity contribution in [3.63, 3.8) is 0 Å². The molecule has 2 saturated heterocycles. The minimum absolute atomic E-state index is 0.318. The molecule has 0 aromatic heterocycles. The summed E-state index contributed by atoms with van der Waals surface area (Å²) in [5, 5.41) is 3.78. The van der Waals surface area contributed by atoms with Gasteiger partial charge in [0.1, 0.15) is 0 Å². The van der Waals surface area contributed by atoms with Crippen molar-refractivity contribution in [2.75, 3.05) is 26.7 Å². The lowest BCUT2D eigenvalue weighted by Crippen LogP contribution is -2.65. The van der Waals surface area contributed by atoms with Crippen LogP contribution in [0.5, 0.6) is 0 Å². The van der Waals surface area contributed by atoms with Crippen molar-refractivity contribution in [2.45, 2.75) is 77.0 Å². The topological polar surface area (TPSA) is 18.5 Å². The molecule has 0 radical (unpaired) electrons. The molecule has 2 rings (SSSR count). The van der Waals surface area contributed by atoms with Crippen LogP contribution >= 0.6 is 0 Å². The van der Waals surface area contributed by atoms with E-state index in [1.165, 1.54) is 45.3 Å². The number of rotatable bonds is 3. The number of nitrogens with zero attached hydrogens (tertiary/aromatic N) is 2. The smallest absolute Gasteiger partial charge is 0.0278 e. The maximum atomic E-state index is 3.78. The zero-order valence-corrected chi connectivity index (χ0v) is 13.6. The first-order valence-electron chi connectivity index (χ1n) is 8.20. The summed E-state index contributed by atoms with van der Waals surface area (Å²) in [6.45, 7) is 13.1. The summed E-state index contributed by atoms with van der Waals surface area (Å²) in [6.07, 6.45) is 5.18. The van der Waals surface area contributed by atoms with Crippen molar-refractivity contribution in [1.29, 1.82) is 0 Å². The van der Waals surface area contributed by atoms with E-state index in [1.807, 2.05) is 0 Å². The molecule has 1 N–H and O–H groups in total. The van der Waals surface area contributed by atoms with Gasteiger partial charge < -0.3 is 10.2 Å². The fourth-order valence-corrected chi connectivity index (χ4v) is 3.68. The molecule has 2 aliphatic rings. The third-order valence-corrected chi connectivity index (χ3v) is 5.67. The molecule has 19 heavy (non-hydrogen) atoms. The van der Waals surface area contributed by atoms with Crippen LogP contribution in [0.15, 0.2) is 0 Å². The van der Waals surface area contributed by atoms with Crippen molar-refractivity contribution in [1.82, 2.24) is 15.1 Å². The molecule has 4 atom stereocenters. The Morgan fingerprint density at radius 2 is 2.05 bits per heavy atom. The second kappa shape index (κ2) is 6.11. The molecule has 2 heterocycles. The second-order valence-corrected chi connectivity index (χ2v) is 7.04. The summed E-state index contributed by atoms with van der Waals surface area (Å²) in [7, 11) is 2.27. The Kier molecular flexibility index (Phi) is 4.91. The van der Waals surface area contributed by atoms with Gasteiger partial charge in [-0.3, -0.25) is 4.90 Å². The van der Waals surface area contributed by atoms with Crippen molar-refractivity contribution >= 4 is 0 Å². The van der Waals surface area contributed by atoms with E-state index in [2.05, 4.69) is 49.9 Å².